The Bertz CT molecular complexity index is 110. The molecule has 0 heterocycles. The molecule has 0 nitrogen and oxygen atoms in total. The van der Waals surface area contributed by atoms with Gasteiger partial charge in [0.25, 0.3) is 0 Å². The van der Waals surface area contributed by atoms with Crippen LogP contribution in [0, 0.1) is 23.7 Å². The third-order valence-electron chi connectivity index (χ3n) is 3.75. The van der Waals surface area contributed by atoms with E-state index in [1.54, 1.807) is 25.7 Å². The molecule has 3 aliphatic rings. The Labute approximate surface area is 50.3 Å². The van der Waals surface area contributed by atoms with E-state index in [9.17, 15) is 0 Å². The Kier molecular flexibility index (Phi) is 0.482. The zero-order chi connectivity index (χ0) is 5.14. The summed E-state index contributed by atoms with van der Waals surface area (Å²) in [5.74, 6) is 4.93. The van der Waals surface area contributed by atoms with Gasteiger partial charge in [-0.15, -0.1) is 0 Å². The molecular weight excluding hydrogens is 96.1 g/mol. The summed E-state index contributed by atoms with van der Waals surface area (Å²) in [4.78, 5) is 0. The van der Waals surface area contributed by atoms with Crippen LogP contribution >= 0.6 is 0 Å². The molecule has 0 heteroatoms. The molecule has 3 aliphatic carbocycles. The summed E-state index contributed by atoms with van der Waals surface area (Å²) in [6.07, 6.45) is 6.40. The van der Waals surface area contributed by atoms with E-state index in [2.05, 4.69) is 0 Å². The number of hydrogen-bond donors (Lipinski definition) is 0. The topological polar surface area (TPSA) is 0 Å². The van der Waals surface area contributed by atoms with Crippen molar-refractivity contribution in [3.8, 4) is 0 Å². The van der Waals surface area contributed by atoms with Crippen molar-refractivity contribution >= 4 is 0 Å². The molecule has 0 amide bonds. The molecular formula is C8H12. The molecule has 0 aromatic rings. The minimum absolute atomic E-state index is 1.22. The van der Waals surface area contributed by atoms with Gasteiger partial charge >= 0.3 is 0 Å². The Morgan fingerprint density at radius 1 is 0.750 bits per heavy atom. The van der Waals surface area contributed by atoms with Gasteiger partial charge in [-0.25, -0.2) is 0 Å². The fraction of sp³-hybridized carbons (Fsp3) is 1.00. The second-order valence-electron chi connectivity index (χ2n) is 3.91. The van der Waals surface area contributed by atoms with Gasteiger partial charge < -0.3 is 0 Å². The van der Waals surface area contributed by atoms with Gasteiger partial charge in [-0.3, -0.25) is 0 Å². The Morgan fingerprint density at radius 2 is 1.38 bits per heavy atom. The van der Waals surface area contributed by atoms with E-state index in [0.717, 1.165) is 0 Å². The van der Waals surface area contributed by atoms with Crippen molar-refractivity contribution < 1.29 is 0 Å². The van der Waals surface area contributed by atoms with E-state index in [1.807, 2.05) is 0 Å². The van der Waals surface area contributed by atoms with Gasteiger partial charge in [0.15, 0.2) is 0 Å². The highest BCUT2D eigenvalue weighted by Crippen LogP contribution is 2.65. The first-order chi connectivity index (χ1) is 3.95. The molecule has 4 atom stereocenters. The summed E-state index contributed by atoms with van der Waals surface area (Å²) in [7, 11) is 0. The maximum absolute atomic E-state index is 1.61. The standard InChI is InChI=1S/C8H12/c1-2-6-4-7-3-5(1)8(6)7/h5-8H,1-4H2/t5-,6?,7?,8?/m0/s1. The maximum atomic E-state index is 1.61. The molecule has 3 rings (SSSR count). The lowest BCUT2D eigenvalue weighted by atomic mass is 9.52. The normalized spacial score (nSPS) is 66.0. The van der Waals surface area contributed by atoms with Crippen LogP contribution in [0.4, 0.5) is 0 Å². The third-order valence-corrected chi connectivity index (χ3v) is 3.75. The summed E-state index contributed by atoms with van der Waals surface area (Å²) in [5.41, 5.74) is 0. The molecule has 3 fully saturated rings. The lowest BCUT2D eigenvalue weighted by Gasteiger charge is -2.53. The molecule has 3 unspecified atom stereocenters. The van der Waals surface area contributed by atoms with Gasteiger partial charge in [-0.1, -0.05) is 0 Å². The fourth-order valence-electron chi connectivity index (χ4n) is 3.31. The smallest absolute Gasteiger partial charge is 0.0329 e. The quantitative estimate of drug-likeness (QED) is 0.445. The van der Waals surface area contributed by atoms with Crippen LogP contribution in [-0.4, -0.2) is 0 Å². The van der Waals surface area contributed by atoms with Gasteiger partial charge in [0, 0.05) is 0 Å². The Balaban J connectivity index is 1.96. The van der Waals surface area contributed by atoms with E-state index in [-0.39, 0.29) is 0 Å². The van der Waals surface area contributed by atoms with Gasteiger partial charge in [0.05, 0.1) is 0 Å². The molecule has 0 aromatic heterocycles. The van der Waals surface area contributed by atoms with E-state index < -0.39 is 0 Å². The predicted octanol–water partition coefficient (Wildman–Crippen LogP) is 2.05. The van der Waals surface area contributed by atoms with E-state index in [4.69, 9.17) is 0 Å². The van der Waals surface area contributed by atoms with Crippen LogP contribution < -0.4 is 0 Å². The van der Waals surface area contributed by atoms with Crippen molar-refractivity contribution in [1.82, 2.24) is 0 Å². The second-order valence-corrected chi connectivity index (χ2v) is 3.91. The van der Waals surface area contributed by atoms with Crippen molar-refractivity contribution in [3.63, 3.8) is 0 Å². The highest BCUT2D eigenvalue weighted by atomic mass is 14.6. The SMILES string of the molecule is C1C[C@H]2CC3CC1C32. The molecule has 0 radical (unpaired) electrons. The molecule has 0 N–H and O–H groups in total. The zero-order valence-electron chi connectivity index (χ0n) is 5.14. The van der Waals surface area contributed by atoms with Crippen molar-refractivity contribution in [2.75, 3.05) is 0 Å². The van der Waals surface area contributed by atoms with E-state index in [0.29, 0.717) is 0 Å². The Hall–Kier alpha value is 0. The van der Waals surface area contributed by atoms with Crippen LogP contribution in [0.2, 0.25) is 0 Å². The third kappa shape index (κ3) is 0.240. The molecule has 8 heavy (non-hydrogen) atoms. The highest BCUT2D eigenvalue weighted by Gasteiger charge is 2.56. The molecule has 0 aromatic carbocycles. The van der Waals surface area contributed by atoms with Gasteiger partial charge in [-0.05, 0) is 49.4 Å². The van der Waals surface area contributed by atoms with Crippen molar-refractivity contribution in [3.05, 3.63) is 0 Å². The van der Waals surface area contributed by atoms with Crippen molar-refractivity contribution in [2.24, 2.45) is 23.7 Å². The van der Waals surface area contributed by atoms with E-state index in [1.165, 1.54) is 23.7 Å². The summed E-state index contributed by atoms with van der Waals surface area (Å²) in [5, 5.41) is 0. The van der Waals surface area contributed by atoms with Crippen molar-refractivity contribution in [1.29, 1.82) is 0 Å². The van der Waals surface area contributed by atoms with Gasteiger partial charge in [0.1, 0.15) is 0 Å². The second kappa shape index (κ2) is 0.984. The number of hydrogen-bond acceptors (Lipinski definition) is 0. The first kappa shape index (κ1) is 3.92. The average molecular weight is 108 g/mol. The van der Waals surface area contributed by atoms with Crippen LogP contribution in [0.25, 0.3) is 0 Å². The van der Waals surface area contributed by atoms with Crippen LogP contribution in [0.1, 0.15) is 25.7 Å². The molecule has 0 saturated heterocycles. The van der Waals surface area contributed by atoms with Gasteiger partial charge in [-0.2, -0.15) is 0 Å². The Morgan fingerprint density at radius 3 is 1.75 bits per heavy atom. The van der Waals surface area contributed by atoms with Crippen LogP contribution in [0.3, 0.4) is 0 Å². The van der Waals surface area contributed by atoms with Crippen LogP contribution in [-0.2, 0) is 0 Å². The monoisotopic (exact) mass is 108 g/mol. The minimum Gasteiger partial charge on any atom is -0.0499 e. The summed E-state index contributed by atoms with van der Waals surface area (Å²) >= 11 is 0. The number of rotatable bonds is 0. The van der Waals surface area contributed by atoms with E-state index >= 15 is 0 Å². The average Bonchev–Trinajstić information content (AvgIpc) is 2.02. The predicted molar refractivity (Wildman–Crippen MR) is 32.4 cm³/mol. The highest BCUT2D eigenvalue weighted by molar-refractivity contribution is 5.06. The largest absolute Gasteiger partial charge is 0.0499 e. The first-order valence-corrected chi connectivity index (χ1v) is 3.95. The fourth-order valence-corrected chi connectivity index (χ4v) is 3.31. The lowest BCUT2D eigenvalue weighted by molar-refractivity contribution is -0.0395. The maximum Gasteiger partial charge on any atom is -0.0329 e. The van der Waals surface area contributed by atoms with Gasteiger partial charge in [0.2, 0.25) is 0 Å². The zero-order valence-corrected chi connectivity index (χ0v) is 5.14. The molecule has 0 spiro atoms. The van der Waals surface area contributed by atoms with Crippen molar-refractivity contribution in [2.45, 2.75) is 25.7 Å². The lowest BCUT2D eigenvalue weighted by Crippen LogP contribution is -2.45. The molecule has 0 aliphatic heterocycles. The summed E-state index contributed by atoms with van der Waals surface area (Å²) in [6.45, 7) is 0. The summed E-state index contributed by atoms with van der Waals surface area (Å²) < 4.78 is 0. The molecule has 0 bridgehead atoms. The summed E-state index contributed by atoms with van der Waals surface area (Å²) in [6, 6.07) is 0. The molecule has 3 saturated carbocycles. The minimum atomic E-state index is 1.22. The van der Waals surface area contributed by atoms with Crippen LogP contribution in [0.15, 0.2) is 0 Å². The molecule has 44 valence electrons. The van der Waals surface area contributed by atoms with Crippen LogP contribution in [0.5, 0.6) is 0 Å². The first-order valence-electron chi connectivity index (χ1n) is 3.95.